The molecule has 3 aromatic rings. The van der Waals surface area contributed by atoms with Crippen molar-refractivity contribution in [3.63, 3.8) is 0 Å². The number of halogens is 1. The van der Waals surface area contributed by atoms with Gasteiger partial charge in [-0.3, -0.25) is 9.89 Å². The Morgan fingerprint density at radius 1 is 1.17 bits per heavy atom. The fourth-order valence-electron chi connectivity index (χ4n) is 2.44. The van der Waals surface area contributed by atoms with Gasteiger partial charge in [0.15, 0.2) is 0 Å². The molecular weight excluding hydrogens is 309 g/mol. The largest absolute Gasteiger partial charge is 0.496 e. The van der Waals surface area contributed by atoms with Crippen LogP contribution in [-0.2, 0) is 0 Å². The van der Waals surface area contributed by atoms with Crippen LogP contribution in [0.25, 0.3) is 11.3 Å². The number of rotatable bonds is 4. The first-order valence-corrected chi connectivity index (χ1v) is 7.36. The Balaban J connectivity index is 2.00. The molecule has 0 saturated heterocycles. The molecule has 6 heteroatoms. The lowest BCUT2D eigenvalue weighted by molar-refractivity contribution is 0.102. The van der Waals surface area contributed by atoms with Gasteiger partial charge in [-0.15, -0.1) is 0 Å². The summed E-state index contributed by atoms with van der Waals surface area (Å²) in [5.41, 5.74) is 2.40. The molecule has 2 aromatic carbocycles. The molecule has 0 radical (unpaired) electrons. The molecule has 0 aliphatic rings. The molecule has 3 rings (SSSR count). The number of nitrogens with zero attached hydrogens (tertiary/aromatic N) is 1. The lowest BCUT2D eigenvalue weighted by Gasteiger charge is -2.10. The van der Waals surface area contributed by atoms with Crippen molar-refractivity contribution in [1.82, 2.24) is 10.2 Å². The Morgan fingerprint density at radius 3 is 2.62 bits per heavy atom. The van der Waals surface area contributed by atoms with Gasteiger partial charge in [-0.1, -0.05) is 24.3 Å². The first kappa shape index (κ1) is 15.7. The van der Waals surface area contributed by atoms with Crippen molar-refractivity contribution in [2.75, 3.05) is 12.4 Å². The Morgan fingerprint density at radius 2 is 1.88 bits per heavy atom. The average Bonchev–Trinajstić information content (AvgIpc) is 2.95. The number of aryl methyl sites for hydroxylation is 1. The van der Waals surface area contributed by atoms with Gasteiger partial charge in [0.1, 0.15) is 17.3 Å². The molecule has 0 atom stereocenters. The SMILES string of the molecule is COc1ccccc1-c1n[nH]c(C)c1NC(=O)c1ccccc1F. The molecule has 0 aliphatic heterocycles. The van der Waals surface area contributed by atoms with E-state index >= 15 is 0 Å². The summed E-state index contributed by atoms with van der Waals surface area (Å²) in [4.78, 5) is 12.4. The third kappa shape index (κ3) is 2.86. The van der Waals surface area contributed by atoms with Crippen LogP contribution >= 0.6 is 0 Å². The molecule has 1 aromatic heterocycles. The summed E-state index contributed by atoms with van der Waals surface area (Å²) in [5, 5.41) is 9.83. The van der Waals surface area contributed by atoms with Crippen LogP contribution < -0.4 is 10.1 Å². The van der Waals surface area contributed by atoms with E-state index in [4.69, 9.17) is 4.74 Å². The lowest BCUT2D eigenvalue weighted by Crippen LogP contribution is -2.14. The van der Waals surface area contributed by atoms with Crippen LogP contribution in [0.2, 0.25) is 0 Å². The minimum absolute atomic E-state index is 0.0240. The first-order chi connectivity index (χ1) is 11.6. The van der Waals surface area contributed by atoms with Crippen LogP contribution in [0.1, 0.15) is 16.1 Å². The highest BCUT2D eigenvalue weighted by Crippen LogP contribution is 2.35. The predicted molar refractivity (Wildman–Crippen MR) is 89.7 cm³/mol. The number of anilines is 1. The Kier molecular flexibility index (Phi) is 4.29. The van der Waals surface area contributed by atoms with Crippen molar-refractivity contribution in [2.45, 2.75) is 6.92 Å². The van der Waals surface area contributed by atoms with Crippen LogP contribution in [0.4, 0.5) is 10.1 Å². The number of benzene rings is 2. The van der Waals surface area contributed by atoms with E-state index in [-0.39, 0.29) is 5.56 Å². The summed E-state index contributed by atoms with van der Waals surface area (Å²) in [5.74, 6) is -0.478. The van der Waals surface area contributed by atoms with Crippen molar-refractivity contribution >= 4 is 11.6 Å². The summed E-state index contributed by atoms with van der Waals surface area (Å²) < 4.78 is 19.2. The second kappa shape index (κ2) is 6.54. The van der Waals surface area contributed by atoms with Crippen LogP contribution in [0.5, 0.6) is 5.75 Å². The number of methoxy groups -OCH3 is 1. The van der Waals surface area contributed by atoms with Gasteiger partial charge in [-0.25, -0.2) is 4.39 Å². The highest BCUT2D eigenvalue weighted by atomic mass is 19.1. The third-order valence-electron chi connectivity index (χ3n) is 3.67. The number of carbonyl (C=O) groups excluding carboxylic acids is 1. The van der Waals surface area contributed by atoms with Gasteiger partial charge in [-0.2, -0.15) is 5.10 Å². The summed E-state index contributed by atoms with van der Waals surface area (Å²) in [6.07, 6.45) is 0. The van der Waals surface area contributed by atoms with Gasteiger partial charge in [0, 0.05) is 5.56 Å². The van der Waals surface area contributed by atoms with Gasteiger partial charge in [-0.05, 0) is 31.2 Å². The second-order valence-electron chi connectivity index (χ2n) is 5.21. The number of aromatic amines is 1. The molecule has 0 fully saturated rings. The quantitative estimate of drug-likeness (QED) is 0.767. The molecule has 1 amide bonds. The van der Waals surface area contributed by atoms with E-state index in [1.807, 2.05) is 24.3 Å². The Hall–Kier alpha value is -3.15. The van der Waals surface area contributed by atoms with Crippen LogP contribution in [-0.4, -0.2) is 23.2 Å². The maximum absolute atomic E-state index is 13.8. The molecule has 0 aliphatic carbocycles. The Labute approximate surface area is 138 Å². The number of hydrogen-bond donors (Lipinski definition) is 2. The van der Waals surface area contributed by atoms with E-state index in [9.17, 15) is 9.18 Å². The monoisotopic (exact) mass is 325 g/mol. The van der Waals surface area contributed by atoms with Gasteiger partial charge >= 0.3 is 0 Å². The number of para-hydroxylation sites is 1. The molecule has 1 heterocycles. The number of aromatic nitrogens is 2. The standard InChI is InChI=1S/C18H16FN3O2/c1-11-16(20-18(23)12-7-3-5-9-14(12)19)17(22-21-11)13-8-4-6-10-15(13)24-2/h3-10H,1-2H3,(H,20,23)(H,21,22). The first-order valence-electron chi connectivity index (χ1n) is 7.36. The molecule has 0 saturated carbocycles. The fourth-order valence-corrected chi connectivity index (χ4v) is 2.44. The van der Waals surface area contributed by atoms with Crippen molar-refractivity contribution in [3.8, 4) is 17.0 Å². The van der Waals surface area contributed by atoms with E-state index in [0.29, 0.717) is 22.8 Å². The molecule has 122 valence electrons. The van der Waals surface area contributed by atoms with Crippen LogP contribution in [0, 0.1) is 12.7 Å². The van der Waals surface area contributed by atoms with E-state index < -0.39 is 11.7 Å². The highest BCUT2D eigenvalue weighted by Gasteiger charge is 2.19. The van der Waals surface area contributed by atoms with E-state index in [1.165, 1.54) is 18.2 Å². The van der Waals surface area contributed by atoms with Crippen molar-refractivity contribution in [2.24, 2.45) is 0 Å². The summed E-state index contributed by atoms with van der Waals surface area (Å²) in [6.45, 7) is 1.78. The second-order valence-corrected chi connectivity index (χ2v) is 5.21. The van der Waals surface area contributed by atoms with E-state index in [0.717, 1.165) is 5.56 Å². The van der Waals surface area contributed by atoms with Gasteiger partial charge in [0.05, 0.1) is 24.1 Å². The molecule has 2 N–H and O–H groups in total. The zero-order valence-corrected chi connectivity index (χ0v) is 13.3. The van der Waals surface area contributed by atoms with Crippen LogP contribution in [0.15, 0.2) is 48.5 Å². The number of amides is 1. The number of nitrogens with one attached hydrogen (secondary N) is 2. The lowest BCUT2D eigenvalue weighted by atomic mass is 10.1. The van der Waals surface area contributed by atoms with Gasteiger partial charge < -0.3 is 10.1 Å². The van der Waals surface area contributed by atoms with E-state index in [1.54, 1.807) is 20.1 Å². The molecular formula is C18H16FN3O2. The summed E-state index contributed by atoms with van der Waals surface area (Å²) in [6, 6.07) is 13.2. The summed E-state index contributed by atoms with van der Waals surface area (Å²) in [7, 11) is 1.57. The third-order valence-corrected chi connectivity index (χ3v) is 3.67. The number of H-pyrrole nitrogens is 1. The summed E-state index contributed by atoms with van der Waals surface area (Å²) >= 11 is 0. The van der Waals surface area contributed by atoms with E-state index in [2.05, 4.69) is 15.5 Å². The number of ether oxygens (including phenoxy) is 1. The zero-order chi connectivity index (χ0) is 17.1. The zero-order valence-electron chi connectivity index (χ0n) is 13.3. The molecule has 24 heavy (non-hydrogen) atoms. The topological polar surface area (TPSA) is 67.0 Å². The molecule has 0 unspecified atom stereocenters. The minimum Gasteiger partial charge on any atom is -0.496 e. The Bertz CT molecular complexity index is 889. The predicted octanol–water partition coefficient (Wildman–Crippen LogP) is 3.79. The van der Waals surface area contributed by atoms with Crippen molar-refractivity contribution < 1.29 is 13.9 Å². The average molecular weight is 325 g/mol. The van der Waals surface area contributed by atoms with Crippen molar-refractivity contribution in [3.05, 3.63) is 65.6 Å². The molecule has 0 bridgehead atoms. The van der Waals surface area contributed by atoms with Crippen LogP contribution in [0.3, 0.4) is 0 Å². The van der Waals surface area contributed by atoms with Crippen molar-refractivity contribution in [1.29, 1.82) is 0 Å². The number of carbonyl (C=O) groups is 1. The molecule has 5 nitrogen and oxygen atoms in total. The minimum atomic E-state index is -0.574. The molecule has 0 spiro atoms. The maximum Gasteiger partial charge on any atom is 0.258 e. The fraction of sp³-hybridized carbons (Fsp3) is 0.111. The normalized spacial score (nSPS) is 10.5. The maximum atomic E-state index is 13.8. The highest BCUT2D eigenvalue weighted by molar-refractivity contribution is 6.06. The van der Waals surface area contributed by atoms with Gasteiger partial charge in [0.2, 0.25) is 0 Å². The smallest absolute Gasteiger partial charge is 0.258 e. The number of hydrogen-bond acceptors (Lipinski definition) is 3. The van der Waals surface area contributed by atoms with Gasteiger partial charge in [0.25, 0.3) is 5.91 Å².